The molecule has 0 aromatic heterocycles. The van der Waals surface area contributed by atoms with E-state index < -0.39 is 101 Å². The van der Waals surface area contributed by atoms with Gasteiger partial charge in [0, 0.05) is 11.8 Å². The minimum atomic E-state index is -1.88. The highest BCUT2D eigenvalue weighted by atomic mass is 16.7. The molecule has 0 bridgehead atoms. The average Bonchev–Trinajstić information content (AvgIpc) is 3.08. The van der Waals surface area contributed by atoms with Crippen LogP contribution in [0.15, 0.2) is 60.7 Å². The van der Waals surface area contributed by atoms with Gasteiger partial charge in [-0.1, -0.05) is 24.3 Å². The maximum absolute atomic E-state index is 14.4. The Hall–Kier alpha value is -5.84. The van der Waals surface area contributed by atoms with E-state index in [9.17, 15) is 65.1 Å². The Balaban J connectivity index is 1.52. The van der Waals surface area contributed by atoms with Crippen molar-refractivity contribution in [3.63, 3.8) is 0 Å². The van der Waals surface area contributed by atoms with Gasteiger partial charge in [-0.15, -0.1) is 0 Å². The van der Waals surface area contributed by atoms with Gasteiger partial charge in [0.05, 0.1) is 40.0 Å². The van der Waals surface area contributed by atoms with Crippen LogP contribution in [-0.4, -0.2) is 107 Å². The van der Waals surface area contributed by atoms with Gasteiger partial charge in [-0.2, -0.15) is 0 Å². The average molecular weight is 701 g/mol. The van der Waals surface area contributed by atoms with E-state index in [1.807, 2.05) is 0 Å². The predicted molar refractivity (Wildman–Crippen MR) is 170 cm³/mol. The first-order valence-corrected chi connectivity index (χ1v) is 15.5. The number of fused-ring (bicyclic) bond motifs is 4. The third kappa shape index (κ3) is 5.09. The molecule has 1 aliphatic heterocycles. The number of rotatable bonds is 6. The van der Waals surface area contributed by atoms with Gasteiger partial charge in [-0.3, -0.25) is 9.59 Å². The molecule has 51 heavy (non-hydrogen) atoms. The van der Waals surface area contributed by atoms with Gasteiger partial charge >= 0.3 is 11.9 Å². The van der Waals surface area contributed by atoms with Crippen molar-refractivity contribution in [1.29, 1.82) is 0 Å². The van der Waals surface area contributed by atoms with Gasteiger partial charge in [0.2, 0.25) is 17.9 Å². The number of hydrogen-bond donors (Lipinski definition) is 9. The highest BCUT2D eigenvalue weighted by molar-refractivity contribution is 6.18. The van der Waals surface area contributed by atoms with Gasteiger partial charge in [0.1, 0.15) is 47.4 Å². The molecule has 3 aliphatic rings. The summed E-state index contributed by atoms with van der Waals surface area (Å²) in [5, 5.41) is 94.1. The van der Waals surface area contributed by atoms with E-state index in [-0.39, 0.29) is 50.3 Å². The maximum Gasteiger partial charge on any atom is 0.335 e. The van der Waals surface area contributed by atoms with Crippen molar-refractivity contribution in [3.8, 4) is 23.0 Å². The van der Waals surface area contributed by atoms with Crippen molar-refractivity contribution in [2.75, 3.05) is 6.61 Å². The largest absolute Gasteiger partial charge is 0.507 e. The van der Waals surface area contributed by atoms with Crippen LogP contribution in [0.3, 0.4) is 0 Å². The number of hydrogen-bond acceptors (Lipinski definition) is 13. The van der Waals surface area contributed by atoms with E-state index >= 15 is 0 Å². The fourth-order valence-corrected chi connectivity index (χ4v) is 7.34. The van der Waals surface area contributed by atoms with E-state index in [1.165, 1.54) is 36.4 Å². The number of aromatic hydroxyl groups is 3. The lowest BCUT2D eigenvalue weighted by molar-refractivity contribution is -0.277. The lowest BCUT2D eigenvalue weighted by Gasteiger charge is -2.41. The number of carboxylic acids is 2. The molecule has 1 heterocycles. The SMILES string of the molecule is O=C(O)c1cc(O)c2c(c1)[C@H]([C@@H]1c3cc(C(=O)O)cc(O)c3C(=O)c3c(O[C@@H]4O[C@H](CO)[C@@H](O)[C@H](O)[C@H]4O)cccc31)c1cccc(O)c1C2=O. The first kappa shape index (κ1) is 33.6. The summed E-state index contributed by atoms with van der Waals surface area (Å²) in [6.07, 6.45) is -8.55. The number of carbonyl (C=O) groups excluding carboxylic acids is 2. The Morgan fingerprint density at radius 3 is 1.65 bits per heavy atom. The zero-order valence-electron chi connectivity index (χ0n) is 26.0. The van der Waals surface area contributed by atoms with Crippen molar-refractivity contribution >= 4 is 23.5 Å². The first-order chi connectivity index (χ1) is 24.2. The molecule has 9 N–H and O–H groups in total. The second-order valence-electron chi connectivity index (χ2n) is 12.4. The minimum absolute atomic E-state index is 0.0489. The van der Waals surface area contributed by atoms with E-state index in [0.717, 1.165) is 24.3 Å². The van der Waals surface area contributed by atoms with Crippen LogP contribution in [0.4, 0.5) is 0 Å². The molecule has 0 unspecified atom stereocenters. The number of ether oxygens (including phenoxy) is 2. The molecule has 0 radical (unpaired) electrons. The van der Waals surface area contributed by atoms with Crippen molar-refractivity contribution in [1.82, 2.24) is 0 Å². The Labute approximate surface area is 286 Å². The molecule has 2 aliphatic carbocycles. The molecule has 1 saturated heterocycles. The summed E-state index contributed by atoms with van der Waals surface area (Å²) in [5.74, 6) is -9.35. The van der Waals surface area contributed by atoms with Crippen molar-refractivity contribution in [3.05, 3.63) is 116 Å². The summed E-state index contributed by atoms with van der Waals surface area (Å²) in [7, 11) is 0. The molecular formula is C36H28O15. The number of aliphatic hydroxyl groups is 4. The van der Waals surface area contributed by atoms with E-state index in [4.69, 9.17) is 9.47 Å². The normalized spacial score (nSPS) is 24.9. The predicted octanol–water partition coefficient (Wildman–Crippen LogP) is 1.43. The van der Waals surface area contributed by atoms with Crippen LogP contribution < -0.4 is 4.74 Å². The van der Waals surface area contributed by atoms with Gasteiger partial charge in [0.15, 0.2) is 0 Å². The molecule has 0 saturated carbocycles. The second-order valence-corrected chi connectivity index (χ2v) is 12.4. The summed E-state index contributed by atoms with van der Waals surface area (Å²) >= 11 is 0. The highest BCUT2D eigenvalue weighted by Crippen LogP contribution is 2.56. The standard InChI is InChI=1S/C36H28O15/c37-11-22-29(41)32(44)33(45)36(51-22)50-21-6-2-4-15-24(17-8-13(35(48)49)10-20(40)27(17)31(43)28(15)21)23-14-3-1-5-18(38)25(14)30(42)26-16(23)7-12(34(46)47)9-19(26)39/h1-10,22-24,29,32-33,36-41,44-45H,11H2,(H,46,47)(H,48,49)/t22-,23-,24+,29-,32+,33-,36-/m1/s1. The van der Waals surface area contributed by atoms with Crippen LogP contribution in [0.1, 0.15) is 86.6 Å². The smallest absolute Gasteiger partial charge is 0.335 e. The molecule has 15 heteroatoms. The fourth-order valence-electron chi connectivity index (χ4n) is 7.34. The Bertz CT molecular complexity index is 2170. The third-order valence-corrected chi connectivity index (χ3v) is 9.60. The van der Waals surface area contributed by atoms with Gasteiger partial charge in [0.25, 0.3) is 0 Å². The quantitative estimate of drug-likeness (QED) is 0.138. The van der Waals surface area contributed by atoms with E-state index in [0.29, 0.717) is 0 Å². The zero-order valence-corrected chi connectivity index (χ0v) is 26.0. The maximum atomic E-state index is 14.4. The summed E-state index contributed by atoms with van der Waals surface area (Å²) in [6, 6.07) is 12.3. The monoisotopic (exact) mass is 700 g/mol. The number of carboxylic acid groups (broad SMARTS) is 2. The Kier molecular flexibility index (Phi) is 8.04. The zero-order chi connectivity index (χ0) is 36.6. The van der Waals surface area contributed by atoms with Crippen molar-refractivity contribution < 1.29 is 74.6 Å². The van der Waals surface area contributed by atoms with E-state index in [1.54, 1.807) is 0 Å². The molecule has 1 fully saturated rings. The topological polar surface area (TPSA) is 269 Å². The minimum Gasteiger partial charge on any atom is -0.507 e. The number of carbonyl (C=O) groups is 4. The second kappa shape index (κ2) is 12.2. The lowest BCUT2D eigenvalue weighted by atomic mass is 9.63. The summed E-state index contributed by atoms with van der Waals surface area (Å²) < 4.78 is 11.4. The molecule has 4 aromatic carbocycles. The molecule has 262 valence electrons. The van der Waals surface area contributed by atoms with Crippen LogP contribution >= 0.6 is 0 Å². The van der Waals surface area contributed by atoms with Gasteiger partial charge < -0.3 is 55.4 Å². The molecule has 0 amide bonds. The number of ketones is 2. The van der Waals surface area contributed by atoms with E-state index in [2.05, 4.69) is 0 Å². The summed E-state index contributed by atoms with van der Waals surface area (Å²) in [4.78, 5) is 52.6. The molecule has 4 aromatic rings. The molecule has 15 nitrogen and oxygen atoms in total. The first-order valence-electron chi connectivity index (χ1n) is 15.5. The van der Waals surface area contributed by atoms with Gasteiger partial charge in [-0.05, 0) is 58.7 Å². The summed E-state index contributed by atoms with van der Waals surface area (Å²) in [5.41, 5.74) is -1.98. The van der Waals surface area contributed by atoms with Crippen molar-refractivity contribution in [2.24, 2.45) is 0 Å². The summed E-state index contributed by atoms with van der Waals surface area (Å²) in [6.45, 7) is -0.775. The Morgan fingerprint density at radius 1 is 0.627 bits per heavy atom. The highest BCUT2D eigenvalue weighted by Gasteiger charge is 2.48. The van der Waals surface area contributed by atoms with Crippen LogP contribution in [0.5, 0.6) is 23.0 Å². The molecule has 7 atom stereocenters. The van der Waals surface area contributed by atoms with Crippen LogP contribution in [0, 0.1) is 0 Å². The molecule has 7 rings (SSSR count). The molecular weight excluding hydrogens is 672 g/mol. The van der Waals surface area contributed by atoms with Crippen LogP contribution in [-0.2, 0) is 4.74 Å². The third-order valence-electron chi connectivity index (χ3n) is 9.60. The fraction of sp³-hybridized carbons (Fsp3) is 0.222. The number of phenols is 3. The van der Waals surface area contributed by atoms with Crippen LogP contribution in [0.25, 0.3) is 0 Å². The van der Waals surface area contributed by atoms with Gasteiger partial charge in [-0.25, -0.2) is 9.59 Å². The number of aliphatic hydroxyl groups excluding tert-OH is 4. The number of phenolic OH excluding ortho intramolecular Hbond substituents is 3. The Morgan fingerprint density at radius 2 is 1.12 bits per heavy atom. The number of aromatic carboxylic acids is 2. The van der Waals surface area contributed by atoms with Crippen LogP contribution in [0.2, 0.25) is 0 Å². The van der Waals surface area contributed by atoms with Crippen molar-refractivity contribution in [2.45, 2.75) is 42.5 Å². The molecule has 0 spiro atoms. The lowest BCUT2D eigenvalue weighted by Crippen LogP contribution is -2.60. The number of benzene rings is 4.